The highest BCUT2D eigenvalue weighted by atomic mass is 16.4. The molecule has 0 fully saturated rings. The number of aromatic amines is 1. The van der Waals surface area contributed by atoms with E-state index in [1.807, 2.05) is 20.8 Å². The van der Waals surface area contributed by atoms with Gasteiger partial charge in [-0.3, -0.25) is 14.4 Å². The summed E-state index contributed by atoms with van der Waals surface area (Å²) in [5, 5.41) is 11.6. The average molecular weight is 308 g/mol. The van der Waals surface area contributed by atoms with Crippen LogP contribution in [0.15, 0.2) is 4.79 Å². The molecule has 6 heteroatoms. The second-order valence-corrected chi connectivity index (χ2v) is 6.10. The zero-order chi connectivity index (χ0) is 17.0. The SMILES string of the molecule is Cc1[nH]c(=O)c(C(=O)N[C@@H](CC(=O)O)CC(C)C)c(C)c1C. The quantitative estimate of drug-likeness (QED) is 0.747. The van der Waals surface area contributed by atoms with Crippen molar-refractivity contribution in [2.45, 2.75) is 53.5 Å². The Labute approximate surface area is 129 Å². The van der Waals surface area contributed by atoms with E-state index in [0.717, 1.165) is 11.3 Å². The van der Waals surface area contributed by atoms with Crippen LogP contribution in [0.1, 0.15) is 53.9 Å². The number of rotatable bonds is 6. The Kier molecular flexibility index (Phi) is 5.91. The van der Waals surface area contributed by atoms with Crippen molar-refractivity contribution >= 4 is 11.9 Å². The van der Waals surface area contributed by atoms with Gasteiger partial charge in [-0.25, -0.2) is 0 Å². The number of amides is 1. The van der Waals surface area contributed by atoms with Gasteiger partial charge in [-0.15, -0.1) is 0 Å². The van der Waals surface area contributed by atoms with Crippen LogP contribution in [0.5, 0.6) is 0 Å². The lowest BCUT2D eigenvalue weighted by Gasteiger charge is -2.19. The molecule has 1 aromatic heterocycles. The Bertz CT molecular complexity index is 632. The number of hydrogen-bond acceptors (Lipinski definition) is 3. The van der Waals surface area contributed by atoms with E-state index in [9.17, 15) is 14.4 Å². The predicted molar refractivity (Wildman–Crippen MR) is 84.2 cm³/mol. The lowest BCUT2D eigenvalue weighted by molar-refractivity contribution is -0.137. The van der Waals surface area contributed by atoms with Gasteiger partial charge in [0.2, 0.25) is 0 Å². The molecule has 1 heterocycles. The number of aryl methyl sites for hydroxylation is 1. The molecule has 1 rings (SSSR count). The van der Waals surface area contributed by atoms with Crippen LogP contribution in [0.4, 0.5) is 0 Å². The van der Waals surface area contributed by atoms with Crippen molar-refractivity contribution in [3.05, 3.63) is 32.7 Å². The number of carbonyl (C=O) groups excluding carboxylic acids is 1. The fraction of sp³-hybridized carbons (Fsp3) is 0.562. The summed E-state index contributed by atoms with van der Waals surface area (Å²) in [6.45, 7) is 9.24. The van der Waals surface area contributed by atoms with Gasteiger partial charge in [-0.1, -0.05) is 13.8 Å². The van der Waals surface area contributed by atoms with Crippen LogP contribution in [-0.4, -0.2) is 28.0 Å². The van der Waals surface area contributed by atoms with Crippen LogP contribution >= 0.6 is 0 Å². The molecule has 22 heavy (non-hydrogen) atoms. The Morgan fingerprint density at radius 3 is 2.27 bits per heavy atom. The van der Waals surface area contributed by atoms with Gasteiger partial charge in [0.1, 0.15) is 5.56 Å². The average Bonchev–Trinajstić information content (AvgIpc) is 2.34. The van der Waals surface area contributed by atoms with Gasteiger partial charge in [-0.2, -0.15) is 0 Å². The van der Waals surface area contributed by atoms with Gasteiger partial charge in [-0.05, 0) is 44.2 Å². The number of H-pyrrole nitrogens is 1. The molecule has 122 valence electrons. The lowest BCUT2D eigenvalue weighted by Crippen LogP contribution is -2.40. The standard InChI is InChI=1S/C16H24N2O4/c1-8(2)6-12(7-13(19)20)18-16(22)14-10(4)9(3)11(5)17-15(14)21/h8,12H,6-7H2,1-5H3,(H,17,21)(H,18,22)(H,19,20)/t12-/m1/s1. The first kappa shape index (κ1) is 17.9. The minimum atomic E-state index is -0.975. The number of aliphatic carboxylic acids is 1. The fourth-order valence-electron chi connectivity index (χ4n) is 2.47. The van der Waals surface area contributed by atoms with E-state index < -0.39 is 23.5 Å². The predicted octanol–water partition coefficient (Wildman–Crippen LogP) is 1.92. The Hall–Kier alpha value is -2.11. The normalized spacial score (nSPS) is 12.3. The van der Waals surface area contributed by atoms with Gasteiger partial charge in [0.15, 0.2) is 0 Å². The van der Waals surface area contributed by atoms with Crippen molar-refractivity contribution in [1.82, 2.24) is 10.3 Å². The number of hydrogen-bond donors (Lipinski definition) is 3. The molecule has 0 spiro atoms. The number of carboxylic acid groups (broad SMARTS) is 1. The molecule has 0 bridgehead atoms. The second-order valence-electron chi connectivity index (χ2n) is 6.10. The summed E-state index contributed by atoms with van der Waals surface area (Å²) in [5.74, 6) is -1.26. The van der Waals surface area contributed by atoms with Crippen LogP contribution in [0, 0.1) is 26.7 Å². The van der Waals surface area contributed by atoms with Crippen molar-refractivity contribution in [2.75, 3.05) is 0 Å². The van der Waals surface area contributed by atoms with Crippen LogP contribution < -0.4 is 10.9 Å². The first-order valence-electron chi connectivity index (χ1n) is 7.36. The molecule has 6 nitrogen and oxygen atoms in total. The van der Waals surface area contributed by atoms with Gasteiger partial charge < -0.3 is 15.4 Å². The van der Waals surface area contributed by atoms with Crippen LogP contribution in [-0.2, 0) is 4.79 Å². The molecular weight excluding hydrogens is 284 g/mol. The molecule has 3 N–H and O–H groups in total. The van der Waals surface area contributed by atoms with Crippen molar-refractivity contribution in [3.8, 4) is 0 Å². The molecule has 0 aromatic carbocycles. The molecule has 1 atom stereocenters. The van der Waals surface area contributed by atoms with Crippen molar-refractivity contribution in [1.29, 1.82) is 0 Å². The molecule has 0 saturated carbocycles. The van der Waals surface area contributed by atoms with E-state index in [0.29, 0.717) is 12.0 Å². The summed E-state index contributed by atoms with van der Waals surface area (Å²) in [4.78, 5) is 38.0. The van der Waals surface area contributed by atoms with E-state index >= 15 is 0 Å². The summed E-state index contributed by atoms with van der Waals surface area (Å²) in [6.07, 6.45) is 0.381. The van der Waals surface area contributed by atoms with Crippen LogP contribution in [0.2, 0.25) is 0 Å². The Morgan fingerprint density at radius 2 is 1.77 bits per heavy atom. The molecule has 0 saturated heterocycles. The summed E-state index contributed by atoms with van der Waals surface area (Å²) >= 11 is 0. The third-order valence-corrected chi connectivity index (χ3v) is 3.77. The third-order valence-electron chi connectivity index (χ3n) is 3.77. The largest absolute Gasteiger partial charge is 0.481 e. The highest BCUT2D eigenvalue weighted by Gasteiger charge is 2.22. The summed E-state index contributed by atoms with van der Waals surface area (Å²) in [6, 6.07) is -0.495. The first-order valence-corrected chi connectivity index (χ1v) is 7.36. The number of carboxylic acids is 1. The minimum absolute atomic E-state index is 0.0576. The molecule has 0 unspecified atom stereocenters. The zero-order valence-corrected chi connectivity index (χ0v) is 13.7. The molecule has 0 radical (unpaired) electrons. The monoisotopic (exact) mass is 308 g/mol. The lowest BCUT2D eigenvalue weighted by atomic mass is 9.99. The topological polar surface area (TPSA) is 99.3 Å². The van der Waals surface area contributed by atoms with E-state index in [2.05, 4.69) is 10.3 Å². The molecule has 0 aliphatic carbocycles. The first-order chi connectivity index (χ1) is 10.1. The van der Waals surface area contributed by atoms with Crippen LogP contribution in [0.25, 0.3) is 0 Å². The van der Waals surface area contributed by atoms with Crippen LogP contribution in [0.3, 0.4) is 0 Å². The maximum atomic E-state index is 12.4. The summed E-state index contributed by atoms with van der Waals surface area (Å²) < 4.78 is 0. The fourth-order valence-corrected chi connectivity index (χ4v) is 2.47. The van der Waals surface area contributed by atoms with Crippen molar-refractivity contribution in [3.63, 3.8) is 0 Å². The van der Waals surface area contributed by atoms with E-state index in [1.165, 1.54) is 0 Å². The zero-order valence-electron chi connectivity index (χ0n) is 13.7. The van der Waals surface area contributed by atoms with Crippen molar-refractivity contribution in [2.24, 2.45) is 5.92 Å². The van der Waals surface area contributed by atoms with Gasteiger partial charge in [0.25, 0.3) is 11.5 Å². The number of aromatic nitrogens is 1. The van der Waals surface area contributed by atoms with E-state index in [4.69, 9.17) is 5.11 Å². The highest BCUT2D eigenvalue weighted by Crippen LogP contribution is 2.13. The molecule has 0 aliphatic rings. The Balaban J connectivity index is 3.07. The Morgan fingerprint density at radius 1 is 1.18 bits per heavy atom. The number of pyridine rings is 1. The molecule has 1 aromatic rings. The maximum Gasteiger partial charge on any atom is 0.305 e. The highest BCUT2D eigenvalue weighted by molar-refractivity contribution is 5.96. The third kappa shape index (κ3) is 4.44. The smallest absolute Gasteiger partial charge is 0.305 e. The van der Waals surface area contributed by atoms with Gasteiger partial charge in [0, 0.05) is 11.7 Å². The van der Waals surface area contributed by atoms with Crippen molar-refractivity contribution < 1.29 is 14.7 Å². The number of nitrogens with one attached hydrogen (secondary N) is 2. The molecule has 1 amide bonds. The maximum absolute atomic E-state index is 12.4. The summed E-state index contributed by atoms with van der Waals surface area (Å²) in [5.41, 5.74) is 1.81. The molecule has 0 aliphatic heterocycles. The van der Waals surface area contributed by atoms with Gasteiger partial charge in [0.05, 0.1) is 6.42 Å². The summed E-state index contributed by atoms with van der Waals surface area (Å²) in [7, 11) is 0. The van der Waals surface area contributed by atoms with E-state index in [1.54, 1.807) is 13.8 Å². The number of carbonyl (C=O) groups is 2. The second kappa shape index (κ2) is 7.24. The van der Waals surface area contributed by atoms with Gasteiger partial charge >= 0.3 is 5.97 Å². The van der Waals surface area contributed by atoms with E-state index in [-0.39, 0.29) is 17.9 Å². The minimum Gasteiger partial charge on any atom is -0.481 e. The molecular formula is C16H24N2O4.